The molecule has 0 amide bonds. The topological polar surface area (TPSA) is 34.1 Å². The van der Waals surface area contributed by atoms with Crippen LogP contribution in [0.15, 0.2) is 35.4 Å². The van der Waals surface area contributed by atoms with E-state index in [1.807, 2.05) is 24.3 Å². The first kappa shape index (κ1) is 14.2. The number of benzene rings is 1. The van der Waals surface area contributed by atoms with Crippen LogP contribution >= 0.6 is 0 Å². The summed E-state index contributed by atoms with van der Waals surface area (Å²) in [5.41, 5.74) is 3.67. The molecule has 1 aromatic rings. The van der Waals surface area contributed by atoms with E-state index in [4.69, 9.17) is 0 Å². The van der Waals surface area contributed by atoms with E-state index in [9.17, 15) is 9.59 Å². The number of carbonyl (C=O) groups is 2. The molecule has 2 nitrogen and oxygen atoms in total. The van der Waals surface area contributed by atoms with E-state index in [0.717, 1.165) is 36.8 Å². The van der Waals surface area contributed by atoms with Crippen LogP contribution < -0.4 is 0 Å². The van der Waals surface area contributed by atoms with Crippen molar-refractivity contribution >= 4 is 11.6 Å². The van der Waals surface area contributed by atoms with Gasteiger partial charge in [0.05, 0.1) is 0 Å². The fourth-order valence-corrected chi connectivity index (χ4v) is 3.90. The van der Waals surface area contributed by atoms with Crippen molar-refractivity contribution in [3.05, 3.63) is 46.5 Å². The molecule has 0 bridgehead atoms. The van der Waals surface area contributed by atoms with Gasteiger partial charge in [-0.15, -0.1) is 0 Å². The van der Waals surface area contributed by atoms with Crippen LogP contribution in [-0.4, -0.2) is 11.6 Å². The molecule has 0 saturated carbocycles. The maximum Gasteiger partial charge on any atom is 0.233 e. The average Bonchev–Trinajstić information content (AvgIpc) is 2.54. The zero-order chi connectivity index (χ0) is 15.2. The Bertz CT molecular complexity index is 644. The minimum atomic E-state index is -0.313. The Morgan fingerprint density at radius 1 is 0.952 bits per heavy atom. The summed E-state index contributed by atoms with van der Waals surface area (Å²) in [6.45, 7) is 6.61. The van der Waals surface area contributed by atoms with Crippen LogP contribution in [0.3, 0.4) is 0 Å². The van der Waals surface area contributed by atoms with Crippen LogP contribution in [0.1, 0.15) is 68.3 Å². The number of allylic oxidation sites excluding steroid dienone is 2. The molecule has 0 heterocycles. The molecule has 2 aliphatic carbocycles. The van der Waals surface area contributed by atoms with Crippen LogP contribution in [0.25, 0.3) is 0 Å². The molecule has 110 valence electrons. The highest BCUT2D eigenvalue weighted by Gasteiger charge is 2.40. The van der Waals surface area contributed by atoms with E-state index in [2.05, 4.69) is 20.8 Å². The maximum absolute atomic E-state index is 12.6. The summed E-state index contributed by atoms with van der Waals surface area (Å²) in [6.07, 6.45) is 3.85. The SMILES string of the molecule is CC(C)(C)C1C2=C(CCCC2)C(=O)C(=O)c2ccccc21. The molecule has 0 fully saturated rings. The minimum absolute atomic E-state index is 0.00106. The number of hydrogen-bond acceptors (Lipinski definition) is 2. The van der Waals surface area contributed by atoms with Crippen LogP contribution in [0.4, 0.5) is 0 Å². The number of Topliss-reactive ketones (excluding diaryl/α,β-unsaturated/α-hetero) is 2. The molecule has 0 N–H and O–H groups in total. The first-order valence-electron chi connectivity index (χ1n) is 7.81. The molecule has 21 heavy (non-hydrogen) atoms. The lowest BCUT2D eigenvalue weighted by atomic mass is 9.68. The summed E-state index contributed by atoms with van der Waals surface area (Å²) >= 11 is 0. The fourth-order valence-electron chi connectivity index (χ4n) is 3.90. The van der Waals surface area contributed by atoms with E-state index in [0.29, 0.717) is 5.56 Å². The molecule has 0 spiro atoms. The maximum atomic E-state index is 12.6. The quantitative estimate of drug-likeness (QED) is 0.659. The Morgan fingerprint density at radius 2 is 1.62 bits per heavy atom. The third kappa shape index (κ3) is 2.27. The van der Waals surface area contributed by atoms with Crippen molar-refractivity contribution in [2.45, 2.75) is 52.4 Å². The second kappa shape index (κ2) is 4.94. The van der Waals surface area contributed by atoms with Gasteiger partial charge in [0.25, 0.3) is 0 Å². The van der Waals surface area contributed by atoms with E-state index in [1.165, 1.54) is 5.57 Å². The van der Waals surface area contributed by atoms with Crippen LogP contribution in [-0.2, 0) is 4.79 Å². The minimum Gasteiger partial charge on any atom is -0.285 e. The van der Waals surface area contributed by atoms with E-state index in [1.54, 1.807) is 0 Å². The van der Waals surface area contributed by atoms with Crippen LogP contribution in [0.2, 0.25) is 0 Å². The van der Waals surface area contributed by atoms with Crippen molar-refractivity contribution < 1.29 is 9.59 Å². The van der Waals surface area contributed by atoms with Gasteiger partial charge in [-0.2, -0.15) is 0 Å². The molecule has 0 radical (unpaired) electrons. The lowest BCUT2D eigenvalue weighted by Crippen LogP contribution is -2.23. The molecule has 2 heteroatoms. The number of hydrogen-bond donors (Lipinski definition) is 0. The van der Waals surface area contributed by atoms with Gasteiger partial charge in [0.1, 0.15) is 0 Å². The third-order valence-electron chi connectivity index (χ3n) is 4.72. The standard InChI is InChI=1S/C19H22O2/c1-19(2,3)16-12-8-4-6-10-14(12)17(20)18(21)15-11-7-5-9-13(15)16/h4,6,8,10,16H,5,7,9,11H2,1-3H3. The van der Waals surface area contributed by atoms with E-state index >= 15 is 0 Å². The summed E-state index contributed by atoms with van der Waals surface area (Å²) in [6, 6.07) is 7.67. The summed E-state index contributed by atoms with van der Waals surface area (Å²) in [5.74, 6) is -0.407. The number of fused-ring (bicyclic) bond motifs is 1. The molecule has 3 rings (SSSR count). The first-order valence-corrected chi connectivity index (χ1v) is 7.81. The van der Waals surface area contributed by atoms with Gasteiger partial charge in [-0.1, -0.05) is 50.6 Å². The number of rotatable bonds is 0. The van der Waals surface area contributed by atoms with Gasteiger partial charge in [0.15, 0.2) is 0 Å². The van der Waals surface area contributed by atoms with E-state index in [-0.39, 0.29) is 22.9 Å². The second-order valence-electron chi connectivity index (χ2n) is 7.26. The zero-order valence-corrected chi connectivity index (χ0v) is 13.0. The molecule has 0 saturated heterocycles. The largest absolute Gasteiger partial charge is 0.285 e. The van der Waals surface area contributed by atoms with Crippen molar-refractivity contribution in [2.75, 3.05) is 0 Å². The summed E-state index contributed by atoms with van der Waals surface area (Å²) in [5, 5.41) is 0. The Morgan fingerprint density at radius 3 is 2.33 bits per heavy atom. The summed E-state index contributed by atoms with van der Waals surface area (Å²) in [7, 11) is 0. The lowest BCUT2D eigenvalue weighted by molar-refractivity contribution is -0.112. The van der Waals surface area contributed by atoms with Gasteiger partial charge in [-0.25, -0.2) is 0 Å². The van der Waals surface area contributed by atoms with Gasteiger partial charge < -0.3 is 0 Å². The molecule has 1 unspecified atom stereocenters. The lowest BCUT2D eigenvalue weighted by Gasteiger charge is -2.35. The smallest absolute Gasteiger partial charge is 0.233 e. The highest BCUT2D eigenvalue weighted by molar-refractivity contribution is 6.49. The van der Waals surface area contributed by atoms with Crippen molar-refractivity contribution in [1.82, 2.24) is 0 Å². The molecular formula is C19H22O2. The molecule has 2 aliphatic rings. The predicted molar refractivity (Wildman–Crippen MR) is 83.5 cm³/mol. The Hall–Kier alpha value is -1.70. The normalized spacial score (nSPS) is 22.7. The molecule has 1 atom stereocenters. The Kier molecular flexibility index (Phi) is 3.35. The number of ketones is 2. The Labute approximate surface area is 126 Å². The van der Waals surface area contributed by atoms with Crippen molar-refractivity contribution in [1.29, 1.82) is 0 Å². The molecule has 0 aliphatic heterocycles. The average molecular weight is 282 g/mol. The first-order chi connectivity index (χ1) is 9.91. The zero-order valence-electron chi connectivity index (χ0n) is 13.0. The Balaban J connectivity index is 2.31. The predicted octanol–water partition coefficient (Wildman–Crippen LogP) is 4.45. The van der Waals surface area contributed by atoms with Gasteiger partial charge in [-0.05, 0) is 36.7 Å². The summed E-state index contributed by atoms with van der Waals surface area (Å²) in [4.78, 5) is 25.2. The molecule has 0 aromatic heterocycles. The summed E-state index contributed by atoms with van der Waals surface area (Å²) < 4.78 is 0. The van der Waals surface area contributed by atoms with Crippen molar-refractivity contribution in [2.24, 2.45) is 5.41 Å². The third-order valence-corrected chi connectivity index (χ3v) is 4.72. The number of carbonyl (C=O) groups excluding carboxylic acids is 2. The van der Waals surface area contributed by atoms with Gasteiger partial charge in [-0.3, -0.25) is 9.59 Å². The van der Waals surface area contributed by atoms with Crippen molar-refractivity contribution in [3.8, 4) is 0 Å². The molecular weight excluding hydrogens is 260 g/mol. The van der Waals surface area contributed by atoms with Gasteiger partial charge in [0, 0.05) is 17.1 Å². The van der Waals surface area contributed by atoms with Crippen molar-refractivity contribution in [3.63, 3.8) is 0 Å². The van der Waals surface area contributed by atoms with Gasteiger partial charge >= 0.3 is 0 Å². The van der Waals surface area contributed by atoms with Crippen LogP contribution in [0, 0.1) is 5.41 Å². The molecule has 1 aromatic carbocycles. The second-order valence-corrected chi connectivity index (χ2v) is 7.26. The van der Waals surface area contributed by atoms with Crippen LogP contribution in [0.5, 0.6) is 0 Å². The highest BCUT2D eigenvalue weighted by Crippen LogP contribution is 2.48. The fraction of sp³-hybridized carbons (Fsp3) is 0.474. The van der Waals surface area contributed by atoms with Gasteiger partial charge in [0.2, 0.25) is 11.6 Å². The highest BCUT2D eigenvalue weighted by atomic mass is 16.2. The van der Waals surface area contributed by atoms with E-state index < -0.39 is 0 Å². The monoisotopic (exact) mass is 282 g/mol.